The number of rotatable bonds is 5. The van der Waals surface area contributed by atoms with Gasteiger partial charge in [0, 0.05) is 0 Å². The van der Waals surface area contributed by atoms with Crippen LogP contribution in [0.2, 0.25) is 0 Å². The molecule has 2 rings (SSSR count). The van der Waals surface area contributed by atoms with Crippen LogP contribution in [0.25, 0.3) is 0 Å². The molecule has 1 N–H and O–H groups in total. The van der Waals surface area contributed by atoms with E-state index in [0.29, 0.717) is 6.61 Å². The van der Waals surface area contributed by atoms with Gasteiger partial charge >= 0.3 is 0 Å². The Balaban J connectivity index is 1.72. The molecule has 17 heavy (non-hydrogen) atoms. The predicted octanol–water partition coefficient (Wildman–Crippen LogP) is 2.74. The summed E-state index contributed by atoms with van der Waals surface area (Å²) in [6.45, 7) is 0.493. The molecule has 0 aromatic heterocycles. The third-order valence-corrected chi connectivity index (χ3v) is 2.21. The average Bonchev–Trinajstić information content (AvgIpc) is 2.41. The number of hydrazone groups is 1. The van der Waals surface area contributed by atoms with Gasteiger partial charge in [-0.15, -0.1) is 0 Å². The maximum Gasteiger partial charge on any atom is 0.101 e. The number of hydrogen-bond donors (Lipinski definition) is 1. The van der Waals surface area contributed by atoms with Gasteiger partial charge in [-0.1, -0.05) is 60.7 Å². The first-order valence-corrected chi connectivity index (χ1v) is 5.44. The summed E-state index contributed by atoms with van der Waals surface area (Å²) in [7, 11) is 0. The van der Waals surface area contributed by atoms with E-state index in [2.05, 4.69) is 10.7 Å². The molecular weight excluding hydrogens is 212 g/mol. The lowest BCUT2D eigenvalue weighted by atomic mass is 10.2. The van der Waals surface area contributed by atoms with E-state index in [9.17, 15) is 0 Å². The number of nitrogens with zero attached hydrogens (tertiary/aromatic N) is 1. The largest absolute Gasteiger partial charge is 0.254 e. The van der Waals surface area contributed by atoms with Crippen LogP contribution in [0.1, 0.15) is 11.1 Å². The van der Waals surface area contributed by atoms with Crippen LogP contribution >= 0.6 is 0 Å². The van der Waals surface area contributed by atoms with E-state index in [0.717, 1.165) is 11.1 Å². The van der Waals surface area contributed by atoms with Gasteiger partial charge in [-0.2, -0.15) is 10.7 Å². The highest BCUT2D eigenvalue weighted by Gasteiger charge is 1.89. The van der Waals surface area contributed by atoms with Gasteiger partial charge < -0.3 is 0 Å². The van der Waals surface area contributed by atoms with E-state index in [1.807, 2.05) is 60.7 Å². The fourth-order valence-corrected chi connectivity index (χ4v) is 1.37. The Kier molecular flexibility index (Phi) is 4.31. The van der Waals surface area contributed by atoms with Crippen molar-refractivity contribution in [2.45, 2.75) is 6.61 Å². The van der Waals surface area contributed by atoms with Gasteiger partial charge in [-0.25, -0.2) is 0 Å². The summed E-state index contributed by atoms with van der Waals surface area (Å²) < 4.78 is 0. The maximum absolute atomic E-state index is 5.19. The van der Waals surface area contributed by atoms with Crippen molar-refractivity contribution in [2.75, 3.05) is 0 Å². The predicted molar refractivity (Wildman–Crippen MR) is 68.4 cm³/mol. The van der Waals surface area contributed by atoms with Gasteiger partial charge in [0.1, 0.15) is 6.61 Å². The highest BCUT2D eigenvalue weighted by molar-refractivity contribution is 5.79. The van der Waals surface area contributed by atoms with Crippen LogP contribution in [0.3, 0.4) is 0 Å². The summed E-state index contributed by atoms with van der Waals surface area (Å²) in [4.78, 5) is 5.19. The zero-order valence-corrected chi connectivity index (χ0v) is 9.41. The monoisotopic (exact) mass is 226 g/mol. The van der Waals surface area contributed by atoms with Gasteiger partial charge in [0.2, 0.25) is 0 Å². The fourth-order valence-electron chi connectivity index (χ4n) is 1.37. The molecule has 2 aromatic rings. The summed E-state index contributed by atoms with van der Waals surface area (Å²) >= 11 is 0. The van der Waals surface area contributed by atoms with Crippen molar-refractivity contribution in [3.8, 4) is 0 Å². The molecule has 0 aliphatic rings. The van der Waals surface area contributed by atoms with E-state index in [4.69, 9.17) is 4.84 Å². The summed E-state index contributed by atoms with van der Waals surface area (Å²) in [5.74, 6) is 0. The summed E-state index contributed by atoms with van der Waals surface area (Å²) in [5, 5.41) is 3.96. The lowest BCUT2D eigenvalue weighted by Gasteiger charge is -2.01. The quantitative estimate of drug-likeness (QED) is 0.483. The van der Waals surface area contributed by atoms with Crippen molar-refractivity contribution in [2.24, 2.45) is 5.10 Å². The average molecular weight is 226 g/mol. The number of hydrogen-bond acceptors (Lipinski definition) is 3. The molecular formula is C14H14N2O. The van der Waals surface area contributed by atoms with Crippen LogP contribution in [-0.4, -0.2) is 6.21 Å². The highest BCUT2D eigenvalue weighted by atomic mass is 16.7. The third-order valence-electron chi connectivity index (χ3n) is 2.21. The molecule has 2 aromatic carbocycles. The van der Waals surface area contributed by atoms with Crippen molar-refractivity contribution >= 4 is 6.21 Å². The molecule has 3 nitrogen and oxygen atoms in total. The minimum Gasteiger partial charge on any atom is -0.254 e. The summed E-state index contributed by atoms with van der Waals surface area (Å²) in [6.07, 6.45) is 1.71. The van der Waals surface area contributed by atoms with Gasteiger partial charge in [0.25, 0.3) is 0 Å². The van der Waals surface area contributed by atoms with E-state index >= 15 is 0 Å². The standard InChI is InChI=1S/C14H14N2O/c1-3-7-13(8-4-1)11-15-16-17-12-14-9-5-2-6-10-14/h1-11,16H,12H2. The molecule has 0 saturated heterocycles. The van der Waals surface area contributed by atoms with E-state index in [1.54, 1.807) is 6.21 Å². The molecule has 0 unspecified atom stereocenters. The number of benzene rings is 2. The second-order valence-corrected chi connectivity index (χ2v) is 3.53. The Hall–Kier alpha value is -2.13. The zero-order chi connectivity index (χ0) is 11.8. The maximum atomic E-state index is 5.19. The van der Waals surface area contributed by atoms with Gasteiger partial charge in [0.15, 0.2) is 0 Å². The smallest absolute Gasteiger partial charge is 0.101 e. The highest BCUT2D eigenvalue weighted by Crippen LogP contribution is 1.99. The summed E-state index contributed by atoms with van der Waals surface area (Å²) in [5.41, 5.74) is 4.69. The molecule has 0 fully saturated rings. The minimum absolute atomic E-state index is 0.493. The van der Waals surface area contributed by atoms with Crippen LogP contribution in [0, 0.1) is 0 Å². The first-order valence-electron chi connectivity index (χ1n) is 5.44. The molecule has 0 heterocycles. The van der Waals surface area contributed by atoms with Crippen molar-refractivity contribution in [3.05, 3.63) is 71.8 Å². The Morgan fingerprint density at radius 2 is 1.59 bits per heavy atom. The van der Waals surface area contributed by atoms with Gasteiger partial charge in [0.05, 0.1) is 6.21 Å². The molecule has 0 aliphatic carbocycles. The Morgan fingerprint density at radius 1 is 0.941 bits per heavy atom. The fraction of sp³-hybridized carbons (Fsp3) is 0.0714. The van der Waals surface area contributed by atoms with Crippen LogP contribution < -0.4 is 5.59 Å². The van der Waals surface area contributed by atoms with Crippen molar-refractivity contribution in [1.29, 1.82) is 0 Å². The van der Waals surface area contributed by atoms with Crippen LogP contribution in [0.15, 0.2) is 65.8 Å². The minimum atomic E-state index is 0.493. The lowest BCUT2D eigenvalue weighted by molar-refractivity contribution is 0.0303. The summed E-state index contributed by atoms with van der Waals surface area (Å²) in [6, 6.07) is 19.8. The second kappa shape index (κ2) is 6.45. The van der Waals surface area contributed by atoms with Crippen molar-refractivity contribution in [1.82, 2.24) is 5.59 Å². The molecule has 0 saturated carbocycles. The van der Waals surface area contributed by atoms with E-state index in [1.165, 1.54) is 0 Å². The first-order chi connectivity index (χ1) is 8.45. The molecule has 0 spiro atoms. The molecule has 3 heteroatoms. The second-order valence-electron chi connectivity index (χ2n) is 3.53. The Bertz CT molecular complexity index is 454. The molecule has 0 radical (unpaired) electrons. The van der Waals surface area contributed by atoms with Gasteiger partial charge in [-0.3, -0.25) is 4.84 Å². The number of nitrogens with one attached hydrogen (secondary N) is 1. The topological polar surface area (TPSA) is 33.6 Å². The molecule has 0 aliphatic heterocycles. The van der Waals surface area contributed by atoms with E-state index < -0.39 is 0 Å². The van der Waals surface area contributed by atoms with Crippen LogP contribution in [-0.2, 0) is 11.4 Å². The third kappa shape index (κ3) is 4.09. The zero-order valence-electron chi connectivity index (χ0n) is 9.41. The van der Waals surface area contributed by atoms with E-state index in [-0.39, 0.29) is 0 Å². The normalized spacial score (nSPS) is 10.6. The Labute approximate surface area is 101 Å². The lowest BCUT2D eigenvalue weighted by Crippen LogP contribution is -2.07. The van der Waals surface area contributed by atoms with Crippen molar-refractivity contribution in [3.63, 3.8) is 0 Å². The Morgan fingerprint density at radius 3 is 2.29 bits per heavy atom. The van der Waals surface area contributed by atoms with Gasteiger partial charge in [-0.05, 0) is 11.1 Å². The first kappa shape index (κ1) is 11.4. The molecule has 86 valence electrons. The van der Waals surface area contributed by atoms with Crippen LogP contribution in [0.4, 0.5) is 0 Å². The SMILES string of the molecule is C(=NNOCc1ccccc1)c1ccccc1. The van der Waals surface area contributed by atoms with Crippen molar-refractivity contribution < 1.29 is 4.84 Å². The molecule has 0 atom stereocenters. The molecule has 0 bridgehead atoms. The molecule has 0 amide bonds. The van der Waals surface area contributed by atoms with Crippen LogP contribution in [0.5, 0.6) is 0 Å².